The lowest BCUT2D eigenvalue weighted by molar-refractivity contribution is 0.239. The fourth-order valence-corrected chi connectivity index (χ4v) is 0.0500. The first-order valence-electron chi connectivity index (χ1n) is 1.33. The van der Waals surface area contributed by atoms with E-state index in [1.54, 1.807) is 7.05 Å². The van der Waals surface area contributed by atoms with E-state index in [0.717, 1.165) is 0 Å². The van der Waals surface area contributed by atoms with E-state index in [1.165, 1.54) is 0 Å². The zero-order chi connectivity index (χ0) is 4.99. The molecule has 2 N–H and O–H groups in total. The Kier molecular flexibility index (Phi) is 3.44. The molecule has 0 aromatic carbocycles. The van der Waals surface area contributed by atoms with Gasteiger partial charge in [0.25, 0.3) is 0 Å². The van der Waals surface area contributed by atoms with Crippen molar-refractivity contribution in [3.05, 3.63) is 0 Å². The van der Waals surface area contributed by atoms with Crippen molar-refractivity contribution >= 4 is 26.4 Å². The molecule has 0 aliphatic rings. The molecule has 36 valence electrons. The van der Waals surface area contributed by atoms with Gasteiger partial charge in [0, 0.05) is 29.6 Å². The van der Waals surface area contributed by atoms with Crippen LogP contribution in [0.15, 0.2) is 4.99 Å². The average molecular weight is 200 g/mol. The van der Waals surface area contributed by atoms with Gasteiger partial charge in [-0.3, -0.25) is 10.2 Å². The van der Waals surface area contributed by atoms with Crippen LogP contribution < -0.4 is 5.48 Å². The molecule has 0 spiro atoms. The zero-order valence-corrected chi connectivity index (χ0v) is 5.43. The quantitative estimate of drug-likeness (QED) is 0.195. The third-order valence-corrected chi connectivity index (χ3v) is 1.01. The van der Waals surface area contributed by atoms with E-state index in [2.05, 4.69) is 4.99 Å². The maximum atomic E-state index is 7.95. The van der Waals surface area contributed by atoms with Crippen LogP contribution in [0.4, 0.5) is 0 Å². The summed E-state index contributed by atoms with van der Waals surface area (Å²) in [5.41, 5.74) is 1.85. The molecule has 0 atom stereocenters. The van der Waals surface area contributed by atoms with Crippen molar-refractivity contribution in [1.29, 1.82) is 0 Å². The zero-order valence-electron chi connectivity index (χ0n) is 3.27. The minimum atomic E-state index is 0.493. The lowest BCUT2D eigenvalue weighted by atomic mass is 11.3. The minimum absolute atomic E-state index is 0.493. The molecule has 0 aromatic rings. The van der Waals surface area contributed by atoms with Gasteiger partial charge in [-0.15, -0.1) is 0 Å². The van der Waals surface area contributed by atoms with Crippen LogP contribution in [0.1, 0.15) is 0 Å². The Morgan fingerprint density at radius 3 is 2.50 bits per heavy atom. The van der Waals surface area contributed by atoms with Gasteiger partial charge < -0.3 is 0 Å². The van der Waals surface area contributed by atoms with Crippen LogP contribution in [0.5, 0.6) is 0 Å². The van der Waals surface area contributed by atoms with Crippen LogP contribution in [0.2, 0.25) is 0 Å². The lowest BCUT2D eigenvalue weighted by Crippen LogP contribution is -2.10. The van der Waals surface area contributed by atoms with Gasteiger partial charge in [-0.25, -0.2) is 5.48 Å². The Balaban J connectivity index is 3.22. The van der Waals surface area contributed by atoms with Crippen molar-refractivity contribution < 1.29 is 5.21 Å². The number of amidine groups is 1. The van der Waals surface area contributed by atoms with E-state index in [-0.39, 0.29) is 0 Å². The van der Waals surface area contributed by atoms with Crippen LogP contribution in [0.3, 0.4) is 0 Å². The van der Waals surface area contributed by atoms with Crippen LogP contribution in [0.25, 0.3) is 0 Å². The summed E-state index contributed by atoms with van der Waals surface area (Å²) < 4.78 is 0.493. The van der Waals surface area contributed by atoms with Crippen molar-refractivity contribution in [2.24, 2.45) is 4.99 Å². The number of aliphatic imine (C=N–C) groups is 1. The van der Waals surface area contributed by atoms with Crippen molar-refractivity contribution in [1.82, 2.24) is 5.48 Å². The first-order chi connectivity index (χ1) is 2.81. The third kappa shape index (κ3) is 2.40. The summed E-state index contributed by atoms with van der Waals surface area (Å²) in [6.07, 6.45) is 0. The number of hydroxylamine groups is 1. The summed E-state index contributed by atoms with van der Waals surface area (Å²) in [5, 5.41) is 7.95. The van der Waals surface area contributed by atoms with Crippen molar-refractivity contribution in [2.45, 2.75) is 0 Å². The monoisotopic (exact) mass is 200 g/mol. The van der Waals surface area contributed by atoms with Crippen LogP contribution in [0, 0.1) is 0 Å². The highest BCUT2D eigenvalue weighted by Crippen LogP contribution is 1.79. The molecule has 0 amide bonds. The lowest BCUT2D eigenvalue weighted by Gasteiger charge is -1.86. The molecule has 0 unspecified atom stereocenters. The van der Waals surface area contributed by atoms with E-state index in [4.69, 9.17) is 5.21 Å². The average Bonchev–Trinajstić information content (AvgIpc) is 1.65. The molecule has 4 heteroatoms. The first kappa shape index (κ1) is 6.16. The molecule has 0 aliphatic heterocycles. The molecular weight excluding hydrogens is 195 g/mol. The second-order valence-electron chi connectivity index (χ2n) is 0.626. The molecule has 0 saturated heterocycles. The van der Waals surface area contributed by atoms with Gasteiger partial charge in [-0.1, -0.05) is 0 Å². The molecule has 0 aromatic heterocycles. The number of rotatable bonds is 0. The van der Waals surface area contributed by atoms with E-state index in [0.29, 0.717) is 3.84 Å². The number of hydrogen-bond acceptors (Lipinski definition) is 2. The van der Waals surface area contributed by atoms with Gasteiger partial charge in [0.05, 0.1) is 0 Å². The van der Waals surface area contributed by atoms with Crippen molar-refractivity contribution in [3.8, 4) is 0 Å². The SMILES string of the molecule is CN=C(I)NO. The van der Waals surface area contributed by atoms with E-state index in [1.807, 2.05) is 28.1 Å². The molecule has 6 heavy (non-hydrogen) atoms. The van der Waals surface area contributed by atoms with E-state index < -0.39 is 0 Å². The van der Waals surface area contributed by atoms with Crippen LogP contribution in [-0.2, 0) is 0 Å². The van der Waals surface area contributed by atoms with E-state index >= 15 is 0 Å². The Hall–Kier alpha value is 0.160. The molecule has 0 heterocycles. The molecule has 0 radical (unpaired) electrons. The van der Waals surface area contributed by atoms with Gasteiger partial charge in [-0.05, 0) is 0 Å². The highest BCUT2D eigenvalue weighted by atomic mass is 127. The van der Waals surface area contributed by atoms with E-state index in [9.17, 15) is 0 Å². The van der Waals surface area contributed by atoms with Gasteiger partial charge in [0.2, 0.25) is 0 Å². The molecule has 0 saturated carbocycles. The van der Waals surface area contributed by atoms with Crippen molar-refractivity contribution in [2.75, 3.05) is 7.05 Å². The fourth-order valence-electron chi connectivity index (χ4n) is 0.0500. The third-order valence-electron chi connectivity index (χ3n) is 0.289. The van der Waals surface area contributed by atoms with Gasteiger partial charge in [0.1, 0.15) is 0 Å². The fraction of sp³-hybridized carbons (Fsp3) is 0.500. The summed E-state index contributed by atoms with van der Waals surface area (Å²) in [6, 6.07) is 0. The molecule has 0 bridgehead atoms. The van der Waals surface area contributed by atoms with Crippen LogP contribution >= 0.6 is 22.6 Å². The number of hydrogen-bond donors (Lipinski definition) is 2. The van der Waals surface area contributed by atoms with Crippen molar-refractivity contribution in [3.63, 3.8) is 0 Å². The Morgan fingerprint density at radius 1 is 2.00 bits per heavy atom. The molecule has 0 fully saturated rings. The Labute approximate surface area is 49.6 Å². The Bertz CT molecular complexity index is 62.6. The predicted molar refractivity (Wildman–Crippen MR) is 32.3 cm³/mol. The first-order valence-corrected chi connectivity index (χ1v) is 2.41. The highest BCUT2D eigenvalue weighted by molar-refractivity contribution is 14.1. The summed E-state index contributed by atoms with van der Waals surface area (Å²) >= 11 is 1.86. The number of nitrogens with zero attached hydrogens (tertiary/aromatic N) is 1. The standard InChI is InChI=1S/C2H5IN2O/c1-4-2(3)5-6/h6H,1H3,(H,4,5). The molecule has 0 aliphatic carbocycles. The smallest absolute Gasteiger partial charge is 0.183 e. The van der Waals surface area contributed by atoms with Gasteiger partial charge in [0.15, 0.2) is 3.84 Å². The minimum Gasteiger partial charge on any atom is -0.289 e. The molecule has 0 rings (SSSR count). The second kappa shape index (κ2) is 3.35. The summed E-state index contributed by atoms with van der Waals surface area (Å²) in [6.45, 7) is 0. The number of halogens is 1. The maximum absolute atomic E-state index is 7.95. The van der Waals surface area contributed by atoms with Gasteiger partial charge >= 0.3 is 0 Å². The summed E-state index contributed by atoms with van der Waals surface area (Å²) in [4.78, 5) is 3.55. The summed E-state index contributed by atoms with van der Waals surface area (Å²) in [5.74, 6) is 0. The number of nitrogens with one attached hydrogen (secondary N) is 1. The van der Waals surface area contributed by atoms with Crippen LogP contribution in [-0.4, -0.2) is 16.1 Å². The predicted octanol–water partition coefficient (Wildman–Crippen LogP) is 0.386. The normalized spacial score (nSPS) is 11.5. The molecular formula is C2H5IN2O. The molecule has 3 nitrogen and oxygen atoms in total. The Morgan fingerprint density at radius 2 is 2.50 bits per heavy atom. The largest absolute Gasteiger partial charge is 0.289 e. The maximum Gasteiger partial charge on any atom is 0.183 e. The van der Waals surface area contributed by atoms with Gasteiger partial charge in [-0.2, -0.15) is 0 Å². The second-order valence-corrected chi connectivity index (χ2v) is 1.65. The topological polar surface area (TPSA) is 44.6 Å². The highest BCUT2D eigenvalue weighted by Gasteiger charge is 1.76. The summed E-state index contributed by atoms with van der Waals surface area (Å²) in [7, 11) is 1.59.